The first-order valence-electron chi connectivity index (χ1n) is 8.40. The summed E-state index contributed by atoms with van der Waals surface area (Å²) in [4.78, 5) is 22.8. The Morgan fingerprint density at radius 3 is 2.42 bits per heavy atom. The van der Waals surface area contributed by atoms with Crippen molar-refractivity contribution in [3.8, 4) is 0 Å². The quantitative estimate of drug-likeness (QED) is 0.573. The molecule has 0 fully saturated rings. The summed E-state index contributed by atoms with van der Waals surface area (Å²) in [5, 5.41) is 14.2. The number of aliphatic carboxylic acids is 1. The Morgan fingerprint density at radius 1 is 1.00 bits per heavy atom. The van der Waals surface area contributed by atoms with Gasteiger partial charge in [-0.3, -0.25) is 9.59 Å². The van der Waals surface area contributed by atoms with E-state index in [0.29, 0.717) is 6.54 Å². The SMILES string of the molecule is CC(C)(C(=O)O)C(=O)NCCCCCc1ccc2ccccc2c1. The second kappa shape index (κ2) is 7.95. The molecule has 0 unspecified atom stereocenters. The van der Waals surface area contributed by atoms with Crippen LogP contribution in [-0.4, -0.2) is 23.5 Å². The van der Waals surface area contributed by atoms with E-state index in [2.05, 4.69) is 35.6 Å². The van der Waals surface area contributed by atoms with Crippen LogP contribution in [0.2, 0.25) is 0 Å². The highest BCUT2D eigenvalue weighted by Gasteiger charge is 2.35. The number of carboxylic acid groups (broad SMARTS) is 1. The summed E-state index contributed by atoms with van der Waals surface area (Å²) >= 11 is 0. The Kier molecular flexibility index (Phi) is 5.96. The fourth-order valence-corrected chi connectivity index (χ4v) is 2.55. The molecular weight excluding hydrogens is 302 g/mol. The summed E-state index contributed by atoms with van der Waals surface area (Å²) in [7, 11) is 0. The zero-order valence-corrected chi connectivity index (χ0v) is 14.3. The maximum atomic E-state index is 11.8. The molecule has 4 nitrogen and oxygen atoms in total. The number of carbonyl (C=O) groups is 2. The number of amides is 1. The molecule has 24 heavy (non-hydrogen) atoms. The van der Waals surface area contributed by atoms with Gasteiger partial charge in [0.05, 0.1) is 0 Å². The largest absolute Gasteiger partial charge is 0.480 e. The molecule has 2 rings (SSSR count). The van der Waals surface area contributed by atoms with Crippen molar-refractivity contribution >= 4 is 22.6 Å². The monoisotopic (exact) mass is 327 g/mol. The topological polar surface area (TPSA) is 66.4 Å². The number of unbranched alkanes of at least 4 members (excludes halogenated alkanes) is 2. The summed E-state index contributed by atoms with van der Waals surface area (Å²) in [6.07, 6.45) is 3.92. The highest BCUT2D eigenvalue weighted by atomic mass is 16.4. The van der Waals surface area contributed by atoms with Crippen LogP contribution in [0.4, 0.5) is 0 Å². The minimum atomic E-state index is -1.37. The Balaban J connectivity index is 1.69. The van der Waals surface area contributed by atoms with Crippen LogP contribution in [0.3, 0.4) is 0 Å². The van der Waals surface area contributed by atoms with Crippen LogP contribution in [-0.2, 0) is 16.0 Å². The normalized spacial score (nSPS) is 11.4. The number of hydrogen-bond acceptors (Lipinski definition) is 2. The zero-order chi connectivity index (χ0) is 17.6. The van der Waals surface area contributed by atoms with Gasteiger partial charge in [0.15, 0.2) is 0 Å². The number of rotatable bonds is 8. The molecule has 0 spiro atoms. The molecule has 0 atom stereocenters. The van der Waals surface area contributed by atoms with Gasteiger partial charge in [0, 0.05) is 6.54 Å². The molecule has 0 radical (unpaired) electrons. The van der Waals surface area contributed by atoms with Crippen LogP contribution in [0.25, 0.3) is 10.8 Å². The van der Waals surface area contributed by atoms with Crippen molar-refractivity contribution < 1.29 is 14.7 Å². The molecular formula is C20H25NO3. The van der Waals surface area contributed by atoms with Crippen LogP contribution in [0, 0.1) is 5.41 Å². The second-order valence-electron chi connectivity index (χ2n) is 6.68. The maximum Gasteiger partial charge on any atom is 0.318 e. The van der Waals surface area contributed by atoms with Gasteiger partial charge >= 0.3 is 5.97 Å². The molecule has 2 aromatic carbocycles. The van der Waals surface area contributed by atoms with E-state index in [1.54, 1.807) is 0 Å². The lowest BCUT2D eigenvalue weighted by Gasteiger charge is -2.18. The Hall–Kier alpha value is -2.36. The first kappa shape index (κ1) is 18.0. The van der Waals surface area contributed by atoms with Crippen LogP contribution in [0.5, 0.6) is 0 Å². The molecule has 128 valence electrons. The summed E-state index contributed by atoms with van der Waals surface area (Å²) < 4.78 is 0. The van der Waals surface area contributed by atoms with Gasteiger partial charge in [-0.1, -0.05) is 48.9 Å². The van der Waals surface area contributed by atoms with Crippen molar-refractivity contribution in [3.63, 3.8) is 0 Å². The van der Waals surface area contributed by atoms with E-state index in [9.17, 15) is 9.59 Å². The van der Waals surface area contributed by atoms with Gasteiger partial charge < -0.3 is 10.4 Å². The molecule has 4 heteroatoms. The van der Waals surface area contributed by atoms with E-state index < -0.39 is 17.3 Å². The predicted octanol–water partition coefficient (Wildman–Crippen LogP) is 3.78. The van der Waals surface area contributed by atoms with E-state index >= 15 is 0 Å². The number of nitrogens with one attached hydrogen (secondary N) is 1. The van der Waals surface area contributed by atoms with Crippen molar-refractivity contribution in [1.29, 1.82) is 0 Å². The standard InChI is InChI=1S/C20H25NO3/c1-20(2,19(23)24)18(22)21-13-7-3-4-8-15-11-12-16-9-5-6-10-17(16)14-15/h5-6,9-12,14H,3-4,7-8,13H2,1-2H3,(H,21,22)(H,23,24). The molecule has 0 aliphatic carbocycles. The number of benzene rings is 2. The first-order valence-corrected chi connectivity index (χ1v) is 8.40. The lowest BCUT2D eigenvalue weighted by Crippen LogP contribution is -2.42. The van der Waals surface area contributed by atoms with Gasteiger partial charge in [-0.05, 0) is 49.4 Å². The fraction of sp³-hybridized carbons (Fsp3) is 0.400. The summed E-state index contributed by atoms with van der Waals surface area (Å²) in [6.45, 7) is 3.36. The van der Waals surface area contributed by atoms with Crippen molar-refractivity contribution in [3.05, 3.63) is 48.0 Å². The molecule has 0 aliphatic heterocycles. The molecule has 2 aromatic rings. The second-order valence-corrected chi connectivity index (χ2v) is 6.68. The molecule has 0 aromatic heterocycles. The third-order valence-electron chi connectivity index (χ3n) is 4.34. The fourth-order valence-electron chi connectivity index (χ4n) is 2.55. The van der Waals surface area contributed by atoms with Gasteiger partial charge in [0.25, 0.3) is 0 Å². The summed E-state index contributed by atoms with van der Waals surface area (Å²) in [5.41, 5.74) is -0.0461. The summed E-state index contributed by atoms with van der Waals surface area (Å²) in [5.74, 6) is -1.53. The summed E-state index contributed by atoms with van der Waals surface area (Å²) in [6, 6.07) is 14.9. The maximum absolute atomic E-state index is 11.8. The number of carbonyl (C=O) groups excluding carboxylic acids is 1. The Morgan fingerprint density at radius 2 is 1.71 bits per heavy atom. The average Bonchev–Trinajstić information content (AvgIpc) is 2.57. The predicted molar refractivity (Wildman–Crippen MR) is 95.9 cm³/mol. The number of aryl methyl sites for hydroxylation is 1. The van der Waals surface area contributed by atoms with Gasteiger partial charge in [0.1, 0.15) is 5.41 Å². The van der Waals surface area contributed by atoms with E-state index in [4.69, 9.17) is 5.11 Å². The molecule has 1 amide bonds. The third kappa shape index (κ3) is 4.57. The van der Waals surface area contributed by atoms with Crippen LogP contribution >= 0.6 is 0 Å². The lowest BCUT2D eigenvalue weighted by atomic mass is 9.92. The van der Waals surface area contributed by atoms with E-state index in [-0.39, 0.29) is 0 Å². The van der Waals surface area contributed by atoms with Crippen molar-refractivity contribution in [2.24, 2.45) is 5.41 Å². The lowest BCUT2D eigenvalue weighted by molar-refractivity contribution is -0.153. The Bertz CT molecular complexity index is 722. The third-order valence-corrected chi connectivity index (χ3v) is 4.34. The molecule has 0 saturated heterocycles. The van der Waals surface area contributed by atoms with Crippen LogP contribution in [0.1, 0.15) is 38.7 Å². The number of fused-ring (bicyclic) bond motifs is 1. The molecule has 0 saturated carbocycles. The van der Waals surface area contributed by atoms with Gasteiger partial charge in [-0.25, -0.2) is 0 Å². The molecule has 0 bridgehead atoms. The smallest absolute Gasteiger partial charge is 0.318 e. The van der Waals surface area contributed by atoms with E-state index in [1.807, 2.05) is 12.1 Å². The van der Waals surface area contributed by atoms with Gasteiger partial charge in [-0.15, -0.1) is 0 Å². The highest BCUT2D eigenvalue weighted by Crippen LogP contribution is 2.17. The average molecular weight is 327 g/mol. The van der Waals surface area contributed by atoms with Crippen LogP contribution < -0.4 is 5.32 Å². The van der Waals surface area contributed by atoms with Gasteiger partial charge in [-0.2, -0.15) is 0 Å². The zero-order valence-electron chi connectivity index (χ0n) is 14.3. The Labute approximate surface area is 142 Å². The van der Waals surface area contributed by atoms with E-state index in [0.717, 1.165) is 25.7 Å². The van der Waals surface area contributed by atoms with Crippen molar-refractivity contribution in [2.75, 3.05) is 6.54 Å². The van der Waals surface area contributed by atoms with Crippen molar-refractivity contribution in [2.45, 2.75) is 39.5 Å². The van der Waals surface area contributed by atoms with Crippen molar-refractivity contribution in [1.82, 2.24) is 5.32 Å². The number of hydrogen-bond donors (Lipinski definition) is 2. The minimum absolute atomic E-state index is 0.426. The molecule has 0 aliphatic rings. The van der Waals surface area contributed by atoms with Gasteiger partial charge in [0.2, 0.25) is 5.91 Å². The highest BCUT2D eigenvalue weighted by molar-refractivity contribution is 6.00. The van der Waals surface area contributed by atoms with E-state index in [1.165, 1.54) is 30.2 Å². The number of carboxylic acids is 1. The molecule has 0 heterocycles. The minimum Gasteiger partial charge on any atom is -0.480 e. The van der Waals surface area contributed by atoms with Crippen LogP contribution in [0.15, 0.2) is 42.5 Å². The molecule has 2 N–H and O–H groups in total. The first-order chi connectivity index (χ1) is 11.4.